The summed E-state index contributed by atoms with van der Waals surface area (Å²) in [6.07, 6.45) is 3.44. The van der Waals surface area contributed by atoms with Crippen molar-refractivity contribution in [1.29, 1.82) is 0 Å². The number of nitrogens with one attached hydrogen (secondary N) is 2. The molecule has 1 aromatic heterocycles. The Balaban J connectivity index is 1.62. The van der Waals surface area contributed by atoms with Crippen molar-refractivity contribution in [2.75, 3.05) is 19.6 Å². The van der Waals surface area contributed by atoms with Gasteiger partial charge in [-0.05, 0) is 25.3 Å². The number of rotatable bonds is 7. The van der Waals surface area contributed by atoms with Crippen LogP contribution in [0.25, 0.3) is 0 Å². The summed E-state index contributed by atoms with van der Waals surface area (Å²) in [6, 6.07) is 0. The van der Waals surface area contributed by atoms with Gasteiger partial charge >= 0.3 is 0 Å². The van der Waals surface area contributed by atoms with Crippen molar-refractivity contribution in [2.24, 2.45) is 5.92 Å². The van der Waals surface area contributed by atoms with Gasteiger partial charge in [0.2, 0.25) is 5.91 Å². The minimum absolute atomic E-state index is 0.0817. The lowest BCUT2D eigenvalue weighted by molar-refractivity contribution is -0.120. The van der Waals surface area contributed by atoms with E-state index in [0.717, 1.165) is 29.6 Å². The zero-order valence-corrected chi connectivity index (χ0v) is 13.5. The normalized spacial score (nSPS) is 15.3. The van der Waals surface area contributed by atoms with Crippen LogP contribution in [0.15, 0.2) is 5.38 Å². The largest absolute Gasteiger partial charge is 0.355 e. The molecule has 1 aliphatic carbocycles. The van der Waals surface area contributed by atoms with Crippen LogP contribution < -0.4 is 10.6 Å². The molecule has 0 spiro atoms. The highest BCUT2D eigenvalue weighted by Crippen LogP contribution is 2.27. The molecule has 0 aromatic carbocycles. The van der Waals surface area contributed by atoms with Gasteiger partial charge in [0, 0.05) is 23.8 Å². The van der Waals surface area contributed by atoms with Gasteiger partial charge in [-0.3, -0.25) is 4.79 Å². The molecule has 5 heteroatoms. The molecular formula is C15H25N3OS. The number of nitrogens with zero attached hydrogens (tertiary/aromatic N) is 1. The van der Waals surface area contributed by atoms with Gasteiger partial charge < -0.3 is 10.6 Å². The molecule has 0 bridgehead atoms. The molecule has 2 rings (SSSR count). The van der Waals surface area contributed by atoms with Gasteiger partial charge in [-0.15, -0.1) is 11.3 Å². The van der Waals surface area contributed by atoms with Crippen LogP contribution in [0.5, 0.6) is 0 Å². The predicted molar refractivity (Wildman–Crippen MR) is 83.1 cm³/mol. The number of amides is 1. The molecule has 20 heavy (non-hydrogen) atoms. The van der Waals surface area contributed by atoms with Gasteiger partial charge in [-0.2, -0.15) is 0 Å². The van der Waals surface area contributed by atoms with Gasteiger partial charge in [-0.25, -0.2) is 4.98 Å². The maximum absolute atomic E-state index is 11.6. The molecular weight excluding hydrogens is 270 g/mol. The summed E-state index contributed by atoms with van der Waals surface area (Å²) in [7, 11) is 0. The number of carbonyl (C=O) groups is 1. The molecule has 112 valence electrons. The van der Waals surface area contributed by atoms with Crippen LogP contribution in [0.4, 0.5) is 0 Å². The highest BCUT2D eigenvalue weighted by atomic mass is 32.1. The second kappa shape index (κ2) is 6.68. The fourth-order valence-electron chi connectivity index (χ4n) is 1.85. The first-order chi connectivity index (χ1) is 9.45. The van der Waals surface area contributed by atoms with Crippen LogP contribution in [-0.4, -0.2) is 30.5 Å². The fourth-order valence-corrected chi connectivity index (χ4v) is 2.88. The molecule has 4 nitrogen and oxygen atoms in total. The summed E-state index contributed by atoms with van der Waals surface area (Å²) in [4.78, 5) is 16.2. The van der Waals surface area contributed by atoms with E-state index in [1.165, 1.54) is 12.8 Å². The number of thiazole rings is 1. The third-order valence-corrected chi connectivity index (χ3v) is 4.31. The van der Waals surface area contributed by atoms with E-state index in [4.69, 9.17) is 0 Å². The Morgan fingerprint density at radius 1 is 1.45 bits per heavy atom. The topological polar surface area (TPSA) is 54.0 Å². The molecule has 1 saturated carbocycles. The van der Waals surface area contributed by atoms with Crippen LogP contribution in [0.2, 0.25) is 0 Å². The minimum Gasteiger partial charge on any atom is -0.355 e. The van der Waals surface area contributed by atoms with Crippen molar-refractivity contribution in [3.8, 4) is 0 Å². The first kappa shape index (κ1) is 15.4. The van der Waals surface area contributed by atoms with E-state index in [1.54, 1.807) is 11.3 Å². The third-order valence-electron chi connectivity index (χ3n) is 3.40. The monoisotopic (exact) mass is 295 g/mol. The zero-order valence-electron chi connectivity index (χ0n) is 12.7. The van der Waals surface area contributed by atoms with Crippen molar-refractivity contribution in [3.63, 3.8) is 0 Å². The van der Waals surface area contributed by atoms with Crippen molar-refractivity contribution in [1.82, 2.24) is 15.6 Å². The highest BCUT2D eigenvalue weighted by molar-refractivity contribution is 7.09. The summed E-state index contributed by atoms with van der Waals surface area (Å²) < 4.78 is 0. The van der Waals surface area contributed by atoms with Gasteiger partial charge in [-0.1, -0.05) is 20.8 Å². The molecule has 2 N–H and O–H groups in total. The van der Waals surface area contributed by atoms with Crippen molar-refractivity contribution in [3.05, 3.63) is 16.1 Å². The van der Waals surface area contributed by atoms with Crippen molar-refractivity contribution in [2.45, 2.75) is 45.4 Å². The fraction of sp³-hybridized carbons (Fsp3) is 0.733. The Hall–Kier alpha value is -0.940. The predicted octanol–water partition coefficient (Wildman–Crippen LogP) is 2.10. The zero-order chi connectivity index (χ0) is 14.6. The minimum atomic E-state index is 0.0817. The van der Waals surface area contributed by atoms with Crippen LogP contribution in [0.3, 0.4) is 0 Å². The summed E-state index contributed by atoms with van der Waals surface area (Å²) in [5.74, 6) is 0.896. The maximum Gasteiger partial charge on any atom is 0.233 e. The number of hydrogen-bond donors (Lipinski definition) is 2. The van der Waals surface area contributed by atoms with Crippen LogP contribution in [0, 0.1) is 5.92 Å². The van der Waals surface area contributed by atoms with Crippen LogP contribution >= 0.6 is 11.3 Å². The second-order valence-corrected chi connectivity index (χ2v) is 7.49. The van der Waals surface area contributed by atoms with E-state index in [1.807, 2.05) is 0 Å². The molecule has 0 radical (unpaired) electrons. The third kappa shape index (κ3) is 5.21. The van der Waals surface area contributed by atoms with Gasteiger partial charge in [0.15, 0.2) is 0 Å². The number of hydrogen-bond acceptors (Lipinski definition) is 4. The molecule has 0 aliphatic heterocycles. The summed E-state index contributed by atoms with van der Waals surface area (Å²) in [6.45, 7) is 8.58. The second-order valence-electron chi connectivity index (χ2n) is 6.55. The molecule has 1 aromatic rings. The van der Waals surface area contributed by atoms with Gasteiger partial charge in [0.1, 0.15) is 0 Å². The molecule has 1 amide bonds. The average molecular weight is 295 g/mol. The highest BCUT2D eigenvalue weighted by Gasteiger charge is 2.20. The Morgan fingerprint density at radius 3 is 2.80 bits per heavy atom. The average Bonchev–Trinajstić information content (AvgIpc) is 3.04. The molecule has 0 saturated heterocycles. The maximum atomic E-state index is 11.6. The first-order valence-electron chi connectivity index (χ1n) is 7.37. The Labute approximate surface area is 125 Å². The van der Waals surface area contributed by atoms with E-state index in [2.05, 4.69) is 41.8 Å². The Bertz CT molecular complexity index is 446. The van der Waals surface area contributed by atoms with Crippen LogP contribution in [-0.2, 0) is 16.6 Å². The summed E-state index contributed by atoms with van der Waals surface area (Å²) in [5.41, 5.74) is 1.24. The van der Waals surface area contributed by atoms with Gasteiger partial charge in [0.25, 0.3) is 0 Å². The van der Waals surface area contributed by atoms with E-state index in [9.17, 15) is 4.79 Å². The lowest BCUT2D eigenvalue weighted by Crippen LogP contribution is -2.35. The standard InChI is InChI=1S/C15H25N3OS/c1-15(2,3)12-10-20-14(18-12)6-7-17-13(19)9-16-8-11-4-5-11/h10-11,16H,4-9H2,1-3H3,(H,17,19). The number of carbonyl (C=O) groups excluding carboxylic acids is 1. The molecule has 1 aliphatic rings. The summed E-state index contributed by atoms with van der Waals surface area (Å²) in [5, 5.41) is 9.35. The SMILES string of the molecule is CC(C)(C)c1csc(CCNC(=O)CNCC2CC2)n1. The molecule has 0 unspecified atom stereocenters. The quantitative estimate of drug-likeness (QED) is 0.810. The van der Waals surface area contributed by atoms with E-state index in [-0.39, 0.29) is 11.3 Å². The molecule has 0 atom stereocenters. The smallest absolute Gasteiger partial charge is 0.233 e. The molecule has 1 heterocycles. The molecule has 1 fully saturated rings. The summed E-state index contributed by atoms with van der Waals surface area (Å²) >= 11 is 1.68. The Kier molecular flexibility index (Phi) is 5.16. The van der Waals surface area contributed by atoms with E-state index >= 15 is 0 Å². The lowest BCUT2D eigenvalue weighted by Gasteiger charge is -2.14. The van der Waals surface area contributed by atoms with E-state index in [0.29, 0.717) is 13.1 Å². The van der Waals surface area contributed by atoms with Crippen LogP contribution in [0.1, 0.15) is 44.3 Å². The first-order valence-corrected chi connectivity index (χ1v) is 8.25. The lowest BCUT2D eigenvalue weighted by atomic mass is 9.93. The van der Waals surface area contributed by atoms with Crippen molar-refractivity contribution >= 4 is 17.2 Å². The van der Waals surface area contributed by atoms with Crippen molar-refractivity contribution < 1.29 is 4.79 Å². The van der Waals surface area contributed by atoms with Gasteiger partial charge in [0.05, 0.1) is 17.2 Å². The Morgan fingerprint density at radius 2 is 2.20 bits per heavy atom. The van der Waals surface area contributed by atoms with E-state index < -0.39 is 0 Å². The number of aromatic nitrogens is 1.